The van der Waals surface area contributed by atoms with Crippen molar-refractivity contribution in [2.45, 2.75) is 6.10 Å². The van der Waals surface area contributed by atoms with Crippen molar-refractivity contribution in [1.82, 2.24) is 5.32 Å². The second-order valence-corrected chi connectivity index (χ2v) is 3.64. The number of aliphatic hydroxyl groups is 1. The third kappa shape index (κ3) is 1.74. The van der Waals surface area contributed by atoms with E-state index in [-0.39, 0.29) is 6.10 Å². The number of methoxy groups -OCH3 is 1. The minimum absolute atomic E-state index is 0.345. The highest BCUT2D eigenvalue weighted by molar-refractivity contribution is 5.29. The molecule has 14 heavy (non-hydrogen) atoms. The first-order chi connectivity index (χ1) is 6.81. The summed E-state index contributed by atoms with van der Waals surface area (Å²) in [5.41, 5.74) is 0.970. The number of aliphatic hydroxyl groups excluding tert-OH is 1. The van der Waals surface area contributed by atoms with Gasteiger partial charge < -0.3 is 15.2 Å². The molecular weight excluding hydrogens is 178 g/mol. The molecular formula is C11H15NO2. The molecule has 76 valence electrons. The maximum absolute atomic E-state index is 9.92. The molecule has 2 rings (SSSR count). The first-order valence-electron chi connectivity index (χ1n) is 4.84. The first-order valence-corrected chi connectivity index (χ1v) is 4.84. The molecule has 1 saturated heterocycles. The topological polar surface area (TPSA) is 41.5 Å². The fraction of sp³-hybridized carbons (Fsp3) is 0.455. The van der Waals surface area contributed by atoms with Crippen LogP contribution in [0.4, 0.5) is 0 Å². The number of hydrogen-bond donors (Lipinski definition) is 2. The fourth-order valence-corrected chi connectivity index (χ4v) is 1.61. The minimum Gasteiger partial charge on any atom is -0.497 e. The third-order valence-electron chi connectivity index (χ3n) is 2.72. The molecule has 1 atom stereocenters. The Kier molecular flexibility index (Phi) is 2.70. The molecule has 0 radical (unpaired) electrons. The van der Waals surface area contributed by atoms with Gasteiger partial charge in [0.25, 0.3) is 0 Å². The molecule has 0 bridgehead atoms. The van der Waals surface area contributed by atoms with Gasteiger partial charge in [0.1, 0.15) is 5.75 Å². The number of nitrogens with one attached hydrogen (secondary N) is 1. The molecule has 0 aliphatic carbocycles. The smallest absolute Gasteiger partial charge is 0.118 e. The van der Waals surface area contributed by atoms with Crippen molar-refractivity contribution in [3.8, 4) is 5.75 Å². The van der Waals surface area contributed by atoms with Crippen LogP contribution in [0.2, 0.25) is 0 Å². The highest BCUT2D eigenvalue weighted by Crippen LogP contribution is 2.26. The van der Waals surface area contributed by atoms with Gasteiger partial charge in [-0.15, -0.1) is 0 Å². The van der Waals surface area contributed by atoms with E-state index >= 15 is 0 Å². The number of hydrogen-bond acceptors (Lipinski definition) is 3. The van der Waals surface area contributed by atoms with Crippen LogP contribution in [0.1, 0.15) is 11.7 Å². The SMILES string of the molecule is COc1ccc(C(O)C2CNC2)cc1. The van der Waals surface area contributed by atoms with Gasteiger partial charge in [0.05, 0.1) is 13.2 Å². The van der Waals surface area contributed by atoms with Crippen molar-refractivity contribution in [2.24, 2.45) is 5.92 Å². The van der Waals surface area contributed by atoms with Crippen LogP contribution in [0.15, 0.2) is 24.3 Å². The summed E-state index contributed by atoms with van der Waals surface area (Å²) in [5.74, 6) is 1.19. The van der Waals surface area contributed by atoms with Crippen molar-refractivity contribution >= 4 is 0 Å². The van der Waals surface area contributed by atoms with Crippen LogP contribution in [0.25, 0.3) is 0 Å². The Morgan fingerprint density at radius 1 is 1.36 bits per heavy atom. The number of rotatable bonds is 3. The molecule has 3 nitrogen and oxygen atoms in total. The van der Waals surface area contributed by atoms with Crippen LogP contribution in [0.3, 0.4) is 0 Å². The lowest BCUT2D eigenvalue weighted by molar-refractivity contribution is 0.0767. The monoisotopic (exact) mass is 193 g/mol. The Bertz CT molecular complexity index is 293. The van der Waals surface area contributed by atoms with Crippen LogP contribution >= 0.6 is 0 Å². The molecule has 0 spiro atoms. The van der Waals surface area contributed by atoms with Gasteiger partial charge >= 0.3 is 0 Å². The molecule has 3 heteroatoms. The van der Waals surface area contributed by atoms with E-state index in [4.69, 9.17) is 4.74 Å². The van der Waals surface area contributed by atoms with E-state index in [0.29, 0.717) is 5.92 Å². The summed E-state index contributed by atoms with van der Waals surface area (Å²) in [7, 11) is 1.64. The van der Waals surface area contributed by atoms with Crippen LogP contribution in [0.5, 0.6) is 5.75 Å². The molecule has 1 aromatic rings. The van der Waals surface area contributed by atoms with Gasteiger partial charge in [0, 0.05) is 19.0 Å². The lowest BCUT2D eigenvalue weighted by Gasteiger charge is -2.31. The van der Waals surface area contributed by atoms with Gasteiger partial charge in [-0.05, 0) is 17.7 Å². The van der Waals surface area contributed by atoms with Gasteiger partial charge in [-0.2, -0.15) is 0 Å². The minimum atomic E-state index is -0.345. The first kappa shape index (κ1) is 9.49. The van der Waals surface area contributed by atoms with E-state index in [0.717, 1.165) is 24.4 Å². The predicted molar refractivity (Wildman–Crippen MR) is 54.3 cm³/mol. The molecule has 1 heterocycles. The second-order valence-electron chi connectivity index (χ2n) is 3.64. The summed E-state index contributed by atoms with van der Waals surface area (Å²) in [6.07, 6.45) is -0.345. The predicted octanol–water partition coefficient (Wildman–Crippen LogP) is 0.948. The second kappa shape index (κ2) is 3.98. The van der Waals surface area contributed by atoms with E-state index < -0.39 is 0 Å². The Morgan fingerprint density at radius 3 is 2.43 bits per heavy atom. The van der Waals surface area contributed by atoms with Crippen molar-refractivity contribution < 1.29 is 9.84 Å². The molecule has 2 N–H and O–H groups in total. The molecule has 0 aromatic heterocycles. The average molecular weight is 193 g/mol. The Balaban J connectivity index is 2.07. The van der Waals surface area contributed by atoms with Crippen molar-refractivity contribution in [3.63, 3.8) is 0 Å². The standard InChI is InChI=1S/C11H15NO2/c1-14-10-4-2-8(3-5-10)11(13)9-6-12-7-9/h2-5,9,11-13H,6-7H2,1H3. The maximum Gasteiger partial charge on any atom is 0.118 e. The van der Waals surface area contributed by atoms with Crippen molar-refractivity contribution in [2.75, 3.05) is 20.2 Å². The average Bonchev–Trinajstić information content (AvgIpc) is 2.15. The summed E-state index contributed by atoms with van der Waals surface area (Å²) < 4.78 is 5.06. The van der Waals surface area contributed by atoms with E-state index in [1.807, 2.05) is 24.3 Å². The summed E-state index contributed by atoms with van der Waals surface area (Å²) in [5, 5.41) is 13.1. The Labute approximate surface area is 83.7 Å². The van der Waals surface area contributed by atoms with Gasteiger partial charge in [-0.25, -0.2) is 0 Å². The largest absolute Gasteiger partial charge is 0.497 e. The Morgan fingerprint density at radius 2 is 2.00 bits per heavy atom. The van der Waals surface area contributed by atoms with Gasteiger partial charge in [0.15, 0.2) is 0 Å². The zero-order chi connectivity index (χ0) is 9.97. The van der Waals surface area contributed by atoms with Crippen molar-refractivity contribution in [3.05, 3.63) is 29.8 Å². The quantitative estimate of drug-likeness (QED) is 0.751. The maximum atomic E-state index is 9.92. The van der Waals surface area contributed by atoms with Crippen LogP contribution in [-0.2, 0) is 0 Å². The lowest BCUT2D eigenvalue weighted by atomic mass is 9.91. The van der Waals surface area contributed by atoms with Crippen LogP contribution < -0.4 is 10.1 Å². The molecule has 1 aliphatic rings. The zero-order valence-electron chi connectivity index (χ0n) is 8.23. The highest BCUT2D eigenvalue weighted by Gasteiger charge is 2.26. The molecule has 1 aliphatic heterocycles. The summed E-state index contributed by atoms with van der Waals surface area (Å²) in [4.78, 5) is 0. The summed E-state index contributed by atoms with van der Waals surface area (Å²) in [6, 6.07) is 7.60. The van der Waals surface area contributed by atoms with E-state index in [1.165, 1.54) is 0 Å². The van der Waals surface area contributed by atoms with Gasteiger partial charge in [0.2, 0.25) is 0 Å². The van der Waals surface area contributed by atoms with Crippen LogP contribution in [-0.4, -0.2) is 25.3 Å². The molecule has 0 amide bonds. The zero-order valence-corrected chi connectivity index (χ0v) is 8.23. The summed E-state index contributed by atoms with van der Waals surface area (Å²) in [6.45, 7) is 1.82. The third-order valence-corrected chi connectivity index (χ3v) is 2.72. The van der Waals surface area contributed by atoms with E-state index in [1.54, 1.807) is 7.11 Å². The molecule has 1 aromatic carbocycles. The highest BCUT2D eigenvalue weighted by atomic mass is 16.5. The number of benzene rings is 1. The molecule has 0 saturated carbocycles. The molecule has 1 fully saturated rings. The van der Waals surface area contributed by atoms with E-state index in [2.05, 4.69) is 5.32 Å². The summed E-state index contributed by atoms with van der Waals surface area (Å²) >= 11 is 0. The van der Waals surface area contributed by atoms with Crippen molar-refractivity contribution in [1.29, 1.82) is 0 Å². The Hall–Kier alpha value is -1.06. The molecule has 1 unspecified atom stereocenters. The lowest BCUT2D eigenvalue weighted by Crippen LogP contribution is -2.45. The van der Waals surface area contributed by atoms with E-state index in [9.17, 15) is 5.11 Å². The fourth-order valence-electron chi connectivity index (χ4n) is 1.61. The number of ether oxygens (including phenoxy) is 1. The normalized spacial score (nSPS) is 18.7. The van der Waals surface area contributed by atoms with Gasteiger partial charge in [-0.1, -0.05) is 12.1 Å². The van der Waals surface area contributed by atoms with Crippen LogP contribution in [0, 0.1) is 5.92 Å². The van der Waals surface area contributed by atoms with Gasteiger partial charge in [-0.3, -0.25) is 0 Å².